The predicted molar refractivity (Wildman–Crippen MR) is 116 cm³/mol. The molecule has 0 unspecified atom stereocenters. The molecule has 4 rings (SSSR count). The molecule has 3 aromatic rings. The van der Waals surface area contributed by atoms with Crippen molar-refractivity contribution in [2.45, 2.75) is 6.54 Å². The van der Waals surface area contributed by atoms with Crippen LogP contribution in [-0.2, 0) is 11.3 Å². The number of halogens is 1. The number of imidazole rings is 1. The number of ether oxygens (including phenoxy) is 1. The monoisotopic (exact) mass is 444 g/mol. The maximum absolute atomic E-state index is 5.52. The molecule has 0 saturated carbocycles. The highest BCUT2D eigenvalue weighted by Gasteiger charge is 2.18. The van der Waals surface area contributed by atoms with Gasteiger partial charge in [-0.15, -0.1) is 0 Å². The molecular weight excluding hydrogens is 420 g/mol. The van der Waals surface area contributed by atoms with E-state index in [0.29, 0.717) is 0 Å². The Morgan fingerprint density at radius 3 is 2.68 bits per heavy atom. The molecule has 1 fully saturated rings. The Balaban J connectivity index is 1.72. The quantitative estimate of drug-likeness (QED) is 0.602. The third-order valence-corrected chi connectivity index (χ3v) is 5.56. The summed E-state index contributed by atoms with van der Waals surface area (Å²) in [5, 5.41) is 0. The van der Waals surface area contributed by atoms with Crippen molar-refractivity contribution in [2.75, 3.05) is 57.2 Å². The summed E-state index contributed by atoms with van der Waals surface area (Å²) in [6.45, 7) is 4.30. The van der Waals surface area contributed by atoms with Gasteiger partial charge in [-0.2, -0.15) is 0 Å². The van der Waals surface area contributed by atoms with Crippen LogP contribution < -0.4 is 9.80 Å². The van der Waals surface area contributed by atoms with Crippen LogP contribution >= 0.6 is 15.9 Å². The molecule has 2 aromatic heterocycles. The number of fused-ring (bicyclic) bond motifs is 1. The number of hydrogen-bond donors (Lipinski definition) is 0. The molecule has 7 nitrogen and oxygen atoms in total. The third kappa shape index (κ3) is 3.72. The number of hydrogen-bond acceptors (Lipinski definition) is 6. The Labute approximate surface area is 173 Å². The van der Waals surface area contributed by atoms with Crippen molar-refractivity contribution < 1.29 is 4.74 Å². The molecule has 1 aliphatic heterocycles. The first kappa shape index (κ1) is 19.2. The zero-order valence-corrected chi connectivity index (χ0v) is 18.1. The lowest BCUT2D eigenvalue weighted by Crippen LogP contribution is -2.37. The number of benzene rings is 1. The molecule has 0 spiro atoms. The highest BCUT2D eigenvalue weighted by Crippen LogP contribution is 2.32. The molecule has 3 heterocycles. The van der Waals surface area contributed by atoms with Crippen LogP contribution in [0, 0.1) is 0 Å². The SMILES string of the molecule is CN(C)Cc1cc(N(C)c2ncc(Br)n3ccnc23)ccc1N1CCOCC1. The molecule has 0 radical (unpaired) electrons. The number of rotatable bonds is 5. The predicted octanol–water partition coefficient (Wildman–Crippen LogP) is 3.16. The molecular formula is C20H25BrN6O. The van der Waals surface area contributed by atoms with Crippen LogP contribution in [0.25, 0.3) is 5.65 Å². The average molecular weight is 445 g/mol. The summed E-state index contributed by atoms with van der Waals surface area (Å²) in [4.78, 5) is 15.8. The number of anilines is 3. The molecule has 0 atom stereocenters. The van der Waals surface area contributed by atoms with Crippen LogP contribution in [0.3, 0.4) is 0 Å². The number of aromatic nitrogens is 3. The molecule has 28 heavy (non-hydrogen) atoms. The van der Waals surface area contributed by atoms with E-state index >= 15 is 0 Å². The molecule has 0 bridgehead atoms. The minimum atomic E-state index is 0.781. The van der Waals surface area contributed by atoms with E-state index in [1.807, 2.05) is 23.8 Å². The second-order valence-corrected chi connectivity index (χ2v) is 8.05. The lowest BCUT2D eigenvalue weighted by molar-refractivity contribution is 0.122. The van der Waals surface area contributed by atoms with Gasteiger partial charge in [0.25, 0.3) is 0 Å². The zero-order chi connectivity index (χ0) is 19.7. The van der Waals surface area contributed by atoms with E-state index in [9.17, 15) is 0 Å². The molecule has 0 amide bonds. The smallest absolute Gasteiger partial charge is 0.181 e. The summed E-state index contributed by atoms with van der Waals surface area (Å²) in [6, 6.07) is 6.64. The highest BCUT2D eigenvalue weighted by atomic mass is 79.9. The minimum Gasteiger partial charge on any atom is -0.378 e. The molecule has 0 aliphatic carbocycles. The molecule has 1 saturated heterocycles. The number of nitrogens with zero attached hydrogens (tertiary/aromatic N) is 6. The summed E-state index contributed by atoms with van der Waals surface area (Å²) in [5.74, 6) is 0.822. The summed E-state index contributed by atoms with van der Waals surface area (Å²) in [5.41, 5.74) is 4.49. The van der Waals surface area contributed by atoms with Gasteiger partial charge in [0.05, 0.1) is 19.4 Å². The van der Waals surface area contributed by atoms with Gasteiger partial charge in [0, 0.05) is 50.5 Å². The maximum atomic E-state index is 5.52. The molecule has 148 valence electrons. The Bertz CT molecular complexity index is 966. The fourth-order valence-electron chi connectivity index (χ4n) is 3.60. The van der Waals surface area contributed by atoms with Gasteiger partial charge in [-0.1, -0.05) is 0 Å². The molecule has 1 aromatic carbocycles. The van der Waals surface area contributed by atoms with Gasteiger partial charge in [-0.05, 0) is 53.8 Å². The van der Waals surface area contributed by atoms with Crippen molar-refractivity contribution in [1.82, 2.24) is 19.3 Å². The van der Waals surface area contributed by atoms with Gasteiger partial charge in [0.1, 0.15) is 4.60 Å². The zero-order valence-electron chi connectivity index (χ0n) is 16.5. The molecule has 0 N–H and O–H groups in total. The third-order valence-electron chi connectivity index (χ3n) is 4.97. The topological polar surface area (TPSA) is 49.1 Å². The van der Waals surface area contributed by atoms with Crippen molar-refractivity contribution in [2.24, 2.45) is 0 Å². The van der Waals surface area contributed by atoms with Gasteiger partial charge in [0.2, 0.25) is 0 Å². The van der Waals surface area contributed by atoms with E-state index < -0.39 is 0 Å². The molecule has 8 heteroatoms. The maximum Gasteiger partial charge on any atom is 0.181 e. The van der Waals surface area contributed by atoms with E-state index in [-0.39, 0.29) is 0 Å². The van der Waals surface area contributed by atoms with Crippen molar-refractivity contribution in [3.8, 4) is 0 Å². The number of morpholine rings is 1. The Morgan fingerprint density at radius 2 is 1.93 bits per heavy atom. The first-order valence-electron chi connectivity index (χ1n) is 9.36. The van der Waals surface area contributed by atoms with E-state index in [4.69, 9.17) is 4.74 Å². The van der Waals surface area contributed by atoms with E-state index in [1.165, 1.54) is 11.3 Å². The lowest BCUT2D eigenvalue weighted by atomic mass is 10.1. The van der Waals surface area contributed by atoms with E-state index in [0.717, 1.165) is 54.6 Å². The van der Waals surface area contributed by atoms with Crippen molar-refractivity contribution in [1.29, 1.82) is 0 Å². The average Bonchev–Trinajstić information content (AvgIpc) is 3.19. The normalized spacial score (nSPS) is 14.8. The Hall–Kier alpha value is -2.16. The second kappa shape index (κ2) is 8.06. The first-order chi connectivity index (χ1) is 13.5. The lowest BCUT2D eigenvalue weighted by Gasteiger charge is -2.32. The van der Waals surface area contributed by atoms with Crippen LogP contribution in [0.1, 0.15) is 5.56 Å². The summed E-state index contributed by atoms with van der Waals surface area (Å²) in [7, 11) is 6.24. The van der Waals surface area contributed by atoms with Crippen molar-refractivity contribution >= 4 is 38.8 Å². The van der Waals surface area contributed by atoms with Gasteiger partial charge >= 0.3 is 0 Å². The first-order valence-corrected chi connectivity index (χ1v) is 10.2. The highest BCUT2D eigenvalue weighted by molar-refractivity contribution is 9.10. The van der Waals surface area contributed by atoms with Crippen LogP contribution in [0.15, 0.2) is 41.4 Å². The summed E-state index contributed by atoms with van der Waals surface area (Å²) in [6.07, 6.45) is 5.53. The largest absolute Gasteiger partial charge is 0.378 e. The van der Waals surface area contributed by atoms with Crippen LogP contribution in [0.4, 0.5) is 17.2 Å². The van der Waals surface area contributed by atoms with Crippen LogP contribution in [0.2, 0.25) is 0 Å². The van der Waals surface area contributed by atoms with Gasteiger partial charge in [-0.3, -0.25) is 4.40 Å². The van der Waals surface area contributed by atoms with Gasteiger partial charge in [-0.25, -0.2) is 9.97 Å². The Kier molecular flexibility index (Phi) is 5.52. The Morgan fingerprint density at radius 1 is 1.14 bits per heavy atom. The standard InChI is InChI=1S/C20H25BrN6O/c1-24(2)14-15-12-16(4-5-17(15)26-8-10-28-11-9-26)25(3)19-20-22-6-7-27(20)18(21)13-23-19/h4-7,12-13H,8-11,14H2,1-3H3. The van der Waals surface area contributed by atoms with E-state index in [2.05, 4.69) is 72.9 Å². The van der Waals surface area contributed by atoms with Crippen molar-refractivity contribution in [3.05, 3.63) is 47.0 Å². The van der Waals surface area contributed by atoms with Crippen molar-refractivity contribution in [3.63, 3.8) is 0 Å². The van der Waals surface area contributed by atoms with Crippen LogP contribution in [0.5, 0.6) is 0 Å². The second-order valence-electron chi connectivity index (χ2n) is 7.23. The summed E-state index contributed by atoms with van der Waals surface area (Å²) >= 11 is 3.53. The molecule has 1 aliphatic rings. The van der Waals surface area contributed by atoms with Gasteiger partial charge < -0.3 is 19.4 Å². The van der Waals surface area contributed by atoms with Gasteiger partial charge in [0.15, 0.2) is 11.5 Å². The van der Waals surface area contributed by atoms with Crippen LogP contribution in [-0.4, -0.2) is 66.7 Å². The minimum absolute atomic E-state index is 0.781. The fourth-order valence-corrected chi connectivity index (χ4v) is 3.98. The van der Waals surface area contributed by atoms with E-state index in [1.54, 1.807) is 6.20 Å². The fraction of sp³-hybridized carbons (Fsp3) is 0.400. The summed E-state index contributed by atoms with van der Waals surface area (Å²) < 4.78 is 8.39.